The zero-order chi connectivity index (χ0) is 17.1. The van der Waals surface area contributed by atoms with Crippen LogP contribution in [0.15, 0.2) is 69.2 Å². The molecule has 124 valence electrons. The van der Waals surface area contributed by atoms with Crippen LogP contribution in [0.4, 0.5) is 17.3 Å². The molecule has 23 heavy (non-hydrogen) atoms. The Morgan fingerprint density at radius 3 is 2.09 bits per heavy atom. The summed E-state index contributed by atoms with van der Waals surface area (Å²) >= 11 is 3.37. The molecule has 0 aromatic heterocycles. The molecule has 2 rings (SSSR count). The molecule has 0 aliphatic rings. The summed E-state index contributed by atoms with van der Waals surface area (Å²) in [6.45, 7) is 0.633. The van der Waals surface area contributed by atoms with Gasteiger partial charge in [-0.1, -0.05) is 34.1 Å². The van der Waals surface area contributed by atoms with E-state index in [-0.39, 0.29) is 21.2 Å². The topological polar surface area (TPSA) is 9.23 Å². The first kappa shape index (κ1) is 20.0. The van der Waals surface area contributed by atoms with E-state index in [1.165, 1.54) is 3.57 Å². The van der Waals surface area contributed by atoms with E-state index in [2.05, 4.69) is 50.4 Å². The Morgan fingerprint density at radius 1 is 0.957 bits per heavy atom. The van der Waals surface area contributed by atoms with Gasteiger partial charge in [0, 0.05) is 4.47 Å². The molecule has 0 bridgehead atoms. The van der Waals surface area contributed by atoms with Gasteiger partial charge in [0.15, 0.2) is 7.65 Å². The summed E-state index contributed by atoms with van der Waals surface area (Å²) in [5, 5.41) is 0. The maximum Gasteiger partial charge on any atom is 0.673 e. The average molecular weight is 503 g/mol. The van der Waals surface area contributed by atoms with Crippen LogP contribution in [0.1, 0.15) is 0 Å². The fourth-order valence-electron chi connectivity index (χ4n) is 1.32. The van der Waals surface area contributed by atoms with Crippen LogP contribution in [0, 0.1) is 3.57 Å². The van der Waals surface area contributed by atoms with E-state index in [1.807, 2.05) is 30.3 Å². The van der Waals surface area contributed by atoms with Gasteiger partial charge in [-0.25, -0.2) is 0 Å². The van der Waals surface area contributed by atoms with Crippen molar-refractivity contribution < 1.29 is 43.2 Å². The second-order valence-corrected chi connectivity index (χ2v) is 7.53. The minimum atomic E-state index is -6.00. The predicted molar refractivity (Wildman–Crippen MR) is 84.1 cm³/mol. The Balaban J connectivity index is 0.000000463. The molecule has 0 atom stereocenters. The van der Waals surface area contributed by atoms with E-state index in [0.29, 0.717) is 6.61 Å². The lowest BCUT2D eigenvalue weighted by atomic mass is 10.3. The molecule has 0 heterocycles. The van der Waals surface area contributed by atoms with E-state index in [0.717, 1.165) is 10.2 Å². The van der Waals surface area contributed by atoms with Crippen molar-refractivity contribution >= 4 is 23.2 Å². The van der Waals surface area contributed by atoms with Gasteiger partial charge in [-0.3, -0.25) is 0 Å². The second-order valence-electron chi connectivity index (χ2n) is 4.03. The predicted octanol–water partition coefficient (Wildman–Crippen LogP) is 2.60. The summed E-state index contributed by atoms with van der Waals surface area (Å²) < 4.78 is 49.3. The molecule has 0 aliphatic heterocycles. The summed E-state index contributed by atoms with van der Waals surface area (Å²) in [7, 11) is -6.00. The maximum absolute atomic E-state index is 9.75. The molecule has 0 radical (unpaired) electrons. The van der Waals surface area contributed by atoms with Gasteiger partial charge in [0.25, 0.3) is 0 Å². The minimum absolute atomic E-state index is 0.0292. The lowest BCUT2D eigenvalue weighted by Crippen LogP contribution is -3.59. The lowest BCUT2D eigenvalue weighted by molar-refractivity contribution is -0.557. The molecule has 0 aliphatic carbocycles. The molecule has 0 spiro atoms. The molecule has 8 heteroatoms. The van der Waals surface area contributed by atoms with E-state index in [1.54, 1.807) is 0 Å². The molecular formula is C15H13BBrF4IO. The summed E-state index contributed by atoms with van der Waals surface area (Å²) in [6, 6.07) is 18.5. The van der Waals surface area contributed by atoms with E-state index < -0.39 is 7.25 Å². The quantitative estimate of drug-likeness (QED) is 0.347. The van der Waals surface area contributed by atoms with Crippen LogP contribution in [0.5, 0.6) is 5.75 Å². The summed E-state index contributed by atoms with van der Waals surface area (Å²) in [5.74, 6) is 0.903. The van der Waals surface area contributed by atoms with Crippen molar-refractivity contribution in [3.05, 3.63) is 72.8 Å². The van der Waals surface area contributed by atoms with Gasteiger partial charge in [-0.2, -0.15) is 0 Å². The second kappa shape index (κ2) is 10.7. The Labute approximate surface area is 151 Å². The monoisotopic (exact) mass is 502 g/mol. The fourth-order valence-corrected chi connectivity index (χ4v) is 3.29. The van der Waals surface area contributed by atoms with Gasteiger partial charge in [0.2, 0.25) is 0 Å². The van der Waals surface area contributed by atoms with Gasteiger partial charge in [0.05, 0.1) is 0 Å². The third-order valence-corrected chi connectivity index (χ3v) is 5.01. The third-order valence-electron chi connectivity index (χ3n) is 2.17. The van der Waals surface area contributed by atoms with Crippen molar-refractivity contribution in [2.75, 3.05) is 6.61 Å². The highest BCUT2D eigenvalue weighted by Gasteiger charge is 2.20. The zero-order valence-electron chi connectivity index (χ0n) is 11.8. The zero-order valence-corrected chi connectivity index (χ0v) is 15.6. The number of halogens is 6. The molecule has 2 aromatic carbocycles. The largest absolute Gasteiger partial charge is 0.673 e. The van der Waals surface area contributed by atoms with E-state index in [4.69, 9.17) is 4.74 Å². The smallest absolute Gasteiger partial charge is 0.489 e. The Morgan fingerprint density at radius 2 is 1.52 bits per heavy atom. The molecule has 0 N–H and O–H groups in total. The van der Waals surface area contributed by atoms with Crippen LogP contribution < -0.4 is 25.9 Å². The molecule has 0 saturated heterocycles. The molecule has 0 amide bonds. The summed E-state index contributed by atoms with van der Waals surface area (Å²) in [4.78, 5) is 0. The van der Waals surface area contributed by atoms with Crippen molar-refractivity contribution in [2.45, 2.75) is 0 Å². The van der Waals surface area contributed by atoms with Crippen molar-refractivity contribution in [3.8, 4) is 5.75 Å². The van der Waals surface area contributed by atoms with Gasteiger partial charge in [0.1, 0.15) is 12.4 Å². The third kappa shape index (κ3) is 12.1. The molecule has 0 fully saturated rings. The molecular weight excluding hydrogens is 490 g/mol. The molecule has 1 nitrogen and oxygen atoms in total. The number of rotatable bonds is 5. The summed E-state index contributed by atoms with van der Waals surface area (Å²) in [5.41, 5.74) is 0. The summed E-state index contributed by atoms with van der Waals surface area (Å²) in [6.07, 6.45) is 2.10. The number of hydrogen-bond acceptors (Lipinski definition) is 1. The SMILES string of the molecule is Brc1ccc(OC/C=C/[I+]c2ccccc2)cc1.F[B-](F)(F)F. The lowest BCUT2D eigenvalue weighted by Gasteiger charge is -2.01. The van der Waals surface area contributed by atoms with Crippen molar-refractivity contribution in [2.24, 2.45) is 0 Å². The molecule has 0 unspecified atom stereocenters. The molecule has 2 aromatic rings. The Bertz CT molecular complexity index is 585. The highest BCUT2D eigenvalue weighted by molar-refractivity contribution is 9.10. The first-order valence-corrected chi connectivity index (χ1v) is 9.55. The fraction of sp³-hybridized carbons (Fsp3) is 0.0667. The first-order valence-electron chi connectivity index (χ1n) is 6.44. The van der Waals surface area contributed by atoms with Crippen LogP contribution in [0.2, 0.25) is 0 Å². The average Bonchev–Trinajstić information content (AvgIpc) is 2.48. The van der Waals surface area contributed by atoms with Crippen LogP contribution in [0.3, 0.4) is 0 Å². The maximum atomic E-state index is 9.75. The van der Waals surface area contributed by atoms with Crippen molar-refractivity contribution in [1.29, 1.82) is 0 Å². The van der Waals surface area contributed by atoms with Gasteiger partial charge in [-0.05, 0) is 42.5 Å². The van der Waals surface area contributed by atoms with Crippen molar-refractivity contribution in [3.63, 3.8) is 0 Å². The number of benzene rings is 2. The standard InChI is InChI=1S/C15H13BrIO.BF4/c16-13-7-9-15(10-8-13)18-12-4-11-17-14-5-2-1-3-6-14;2-1(3,4)5/h1-11H,12H2;/q+1;-1/b11-4+;. The number of ether oxygens (including phenoxy) is 1. The van der Waals surface area contributed by atoms with Gasteiger partial charge in [-0.15, -0.1) is 0 Å². The van der Waals surface area contributed by atoms with Gasteiger partial charge >= 0.3 is 28.5 Å². The normalized spacial score (nSPS) is 11.0. The van der Waals surface area contributed by atoms with Gasteiger partial charge < -0.3 is 22.0 Å². The minimum Gasteiger partial charge on any atom is -0.489 e. The van der Waals surface area contributed by atoms with E-state index >= 15 is 0 Å². The van der Waals surface area contributed by atoms with Crippen LogP contribution in [-0.4, -0.2) is 13.9 Å². The Hall–Kier alpha value is -1.03. The number of hydrogen-bond donors (Lipinski definition) is 0. The van der Waals surface area contributed by atoms with Crippen LogP contribution in [0.25, 0.3) is 0 Å². The molecule has 0 saturated carbocycles. The highest BCUT2D eigenvalue weighted by Crippen LogP contribution is 2.15. The first-order chi connectivity index (χ1) is 10.8. The van der Waals surface area contributed by atoms with Crippen LogP contribution >= 0.6 is 15.9 Å². The highest BCUT2D eigenvalue weighted by atomic mass is 127. The Kier molecular flexibility index (Phi) is 9.31. The van der Waals surface area contributed by atoms with Crippen molar-refractivity contribution in [1.82, 2.24) is 0 Å². The van der Waals surface area contributed by atoms with Crippen LogP contribution in [-0.2, 0) is 0 Å². The van der Waals surface area contributed by atoms with E-state index in [9.17, 15) is 17.3 Å².